The summed E-state index contributed by atoms with van der Waals surface area (Å²) in [5, 5.41) is 10.6. The largest absolute Gasteiger partial charge is 0.269 e. The number of nitro groups is 1. The van der Waals surface area contributed by atoms with Crippen molar-refractivity contribution in [3.63, 3.8) is 0 Å². The van der Waals surface area contributed by atoms with Gasteiger partial charge in [-0.3, -0.25) is 10.1 Å². The molecule has 5 nitrogen and oxygen atoms in total. The van der Waals surface area contributed by atoms with Gasteiger partial charge >= 0.3 is 0 Å². The van der Waals surface area contributed by atoms with Crippen LogP contribution in [0.5, 0.6) is 0 Å². The fraction of sp³-hybridized carbons (Fsp3) is 0. The Morgan fingerprint density at radius 3 is 2.12 bits per heavy atom. The average Bonchev–Trinajstić information content (AvgIpc) is 2.30. The van der Waals surface area contributed by atoms with Gasteiger partial charge in [-0.15, -0.1) is 0 Å². The SMILES string of the molecule is O=[N+]([O-])c1ccc(-c2cnc(Cl)nc2)cc1. The molecule has 0 saturated heterocycles. The van der Waals surface area contributed by atoms with Crippen LogP contribution in [0, 0.1) is 10.1 Å². The van der Waals surface area contributed by atoms with Gasteiger partial charge in [-0.1, -0.05) is 0 Å². The van der Waals surface area contributed by atoms with Crippen molar-refractivity contribution in [2.45, 2.75) is 0 Å². The Kier molecular flexibility index (Phi) is 2.78. The van der Waals surface area contributed by atoms with Crippen LogP contribution in [-0.2, 0) is 0 Å². The standard InChI is InChI=1S/C10H6ClN3O2/c11-10-12-5-8(6-13-10)7-1-3-9(4-2-7)14(15)16/h1-6H. The third-order valence-electron chi connectivity index (χ3n) is 2.03. The lowest BCUT2D eigenvalue weighted by Crippen LogP contribution is -1.88. The molecule has 6 heteroatoms. The van der Waals surface area contributed by atoms with Crippen LogP contribution in [0.15, 0.2) is 36.7 Å². The van der Waals surface area contributed by atoms with Crippen molar-refractivity contribution in [3.05, 3.63) is 52.1 Å². The van der Waals surface area contributed by atoms with E-state index in [-0.39, 0.29) is 11.0 Å². The maximum Gasteiger partial charge on any atom is 0.269 e. The van der Waals surface area contributed by atoms with Crippen molar-refractivity contribution in [2.24, 2.45) is 0 Å². The first-order chi connectivity index (χ1) is 7.66. The lowest BCUT2D eigenvalue weighted by molar-refractivity contribution is -0.384. The van der Waals surface area contributed by atoms with E-state index in [2.05, 4.69) is 9.97 Å². The normalized spacial score (nSPS) is 10.1. The minimum absolute atomic E-state index is 0.0543. The molecule has 0 aliphatic carbocycles. The average molecular weight is 236 g/mol. The number of benzene rings is 1. The quantitative estimate of drug-likeness (QED) is 0.456. The molecular formula is C10H6ClN3O2. The Morgan fingerprint density at radius 1 is 1.06 bits per heavy atom. The van der Waals surface area contributed by atoms with Crippen LogP contribution in [0.4, 0.5) is 5.69 Å². The fourth-order valence-corrected chi connectivity index (χ4v) is 1.33. The van der Waals surface area contributed by atoms with E-state index >= 15 is 0 Å². The van der Waals surface area contributed by atoms with Gasteiger partial charge in [0.1, 0.15) is 0 Å². The summed E-state index contributed by atoms with van der Waals surface area (Å²) in [6.45, 7) is 0. The van der Waals surface area contributed by atoms with E-state index in [9.17, 15) is 10.1 Å². The summed E-state index contributed by atoms with van der Waals surface area (Å²) < 4.78 is 0. The first kappa shape index (κ1) is 10.5. The molecule has 0 amide bonds. The van der Waals surface area contributed by atoms with Crippen LogP contribution in [0.25, 0.3) is 11.1 Å². The van der Waals surface area contributed by atoms with Crippen molar-refractivity contribution in [2.75, 3.05) is 0 Å². The van der Waals surface area contributed by atoms with E-state index in [1.807, 2.05) is 0 Å². The highest BCUT2D eigenvalue weighted by Crippen LogP contribution is 2.21. The van der Waals surface area contributed by atoms with Crippen molar-refractivity contribution >= 4 is 17.3 Å². The molecule has 16 heavy (non-hydrogen) atoms. The summed E-state index contributed by atoms with van der Waals surface area (Å²) in [6, 6.07) is 6.16. The summed E-state index contributed by atoms with van der Waals surface area (Å²) >= 11 is 5.55. The van der Waals surface area contributed by atoms with Gasteiger partial charge in [0.15, 0.2) is 0 Å². The Morgan fingerprint density at radius 2 is 1.62 bits per heavy atom. The van der Waals surface area contributed by atoms with Crippen LogP contribution in [0.1, 0.15) is 0 Å². The highest BCUT2D eigenvalue weighted by atomic mass is 35.5. The molecule has 0 atom stereocenters. The molecule has 0 unspecified atom stereocenters. The summed E-state index contributed by atoms with van der Waals surface area (Å²) in [4.78, 5) is 17.7. The predicted octanol–water partition coefficient (Wildman–Crippen LogP) is 2.71. The van der Waals surface area contributed by atoms with Gasteiger partial charge in [0.2, 0.25) is 5.28 Å². The van der Waals surface area contributed by atoms with Gasteiger partial charge < -0.3 is 0 Å². The number of nitro benzene ring substituents is 1. The van der Waals surface area contributed by atoms with E-state index in [0.29, 0.717) is 0 Å². The van der Waals surface area contributed by atoms with Crippen molar-refractivity contribution in [1.82, 2.24) is 9.97 Å². The Labute approximate surface area is 95.9 Å². The molecular weight excluding hydrogens is 230 g/mol. The van der Waals surface area contributed by atoms with Gasteiger partial charge in [-0.2, -0.15) is 0 Å². The number of nitrogens with zero attached hydrogens (tertiary/aromatic N) is 3. The Balaban J connectivity index is 2.34. The number of hydrogen-bond donors (Lipinski definition) is 0. The topological polar surface area (TPSA) is 68.9 Å². The van der Waals surface area contributed by atoms with Gasteiger partial charge in [0, 0.05) is 30.1 Å². The molecule has 2 aromatic rings. The summed E-state index contributed by atoms with van der Waals surface area (Å²) in [6.07, 6.45) is 3.13. The Bertz CT molecular complexity index is 511. The van der Waals surface area contributed by atoms with Crippen LogP contribution in [-0.4, -0.2) is 14.9 Å². The third kappa shape index (κ3) is 2.14. The van der Waals surface area contributed by atoms with E-state index in [0.717, 1.165) is 11.1 Å². The minimum Gasteiger partial charge on any atom is -0.258 e. The van der Waals surface area contributed by atoms with Crippen LogP contribution in [0.2, 0.25) is 5.28 Å². The first-order valence-electron chi connectivity index (χ1n) is 4.39. The number of non-ortho nitro benzene ring substituents is 1. The molecule has 0 saturated carbocycles. The Hall–Kier alpha value is -2.01. The van der Waals surface area contributed by atoms with E-state index in [4.69, 9.17) is 11.6 Å². The maximum atomic E-state index is 10.5. The molecule has 2 rings (SSSR count). The highest BCUT2D eigenvalue weighted by molar-refractivity contribution is 6.28. The van der Waals surface area contributed by atoms with Crippen LogP contribution < -0.4 is 0 Å². The third-order valence-corrected chi connectivity index (χ3v) is 2.23. The second kappa shape index (κ2) is 4.24. The zero-order chi connectivity index (χ0) is 11.5. The van der Waals surface area contributed by atoms with E-state index in [1.54, 1.807) is 24.5 Å². The van der Waals surface area contributed by atoms with Gasteiger partial charge in [0.05, 0.1) is 4.92 Å². The fourth-order valence-electron chi connectivity index (χ4n) is 1.24. The number of aromatic nitrogens is 2. The first-order valence-corrected chi connectivity index (χ1v) is 4.77. The van der Waals surface area contributed by atoms with Crippen molar-refractivity contribution in [3.8, 4) is 11.1 Å². The van der Waals surface area contributed by atoms with Crippen LogP contribution in [0.3, 0.4) is 0 Å². The minimum atomic E-state index is -0.442. The number of rotatable bonds is 2. The molecule has 1 aromatic heterocycles. The van der Waals surface area contributed by atoms with Crippen molar-refractivity contribution in [1.29, 1.82) is 0 Å². The molecule has 0 N–H and O–H groups in total. The second-order valence-corrected chi connectivity index (χ2v) is 3.38. The maximum absolute atomic E-state index is 10.5. The smallest absolute Gasteiger partial charge is 0.258 e. The zero-order valence-electron chi connectivity index (χ0n) is 8.00. The van der Waals surface area contributed by atoms with Gasteiger partial charge in [0.25, 0.3) is 5.69 Å². The van der Waals surface area contributed by atoms with E-state index < -0.39 is 4.92 Å². The summed E-state index contributed by atoms with van der Waals surface area (Å²) in [7, 11) is 0. The molecule has 0 aliphatic rings. The number of halogens is 1. The zero-order valence-corrected chi connectivity index (χ0v) is 8.76. The molecule has 0 fully saturated rings. The lowest BCUT2D eigenvalue weighted by Gasteiger charge is -1.99. The molecule has 80 valence electrons. The van der Waals surface area contributed by atoms with E-state index in [1.165, 1.54) is 12.1 Å². The van der Waals surface area contributed by atoms with Gasteiger partial charge in [-0.25, -0.2) is 9.97 Å². The van der Waals surface area contributed by atoms with Gasteiger partial charge in [-0.05, 0) is 29.3 Å². The molecule has 1 aromatic carbocycles. The second-order valence-electron chi connectivity index (χ2n) is 3.04. The molecule has 1 heterocycles. The molecule has 0 bridgehead atoms. The predicted molar refractivity (Wildman–Crippen MR) is 59.1 cm³/mol. The summed E-state index contributed by atoms with van der Waals surface area (Å²) in [5.41, 5.74) is 1.63. The highest BCUT2D eigenvalue weighted by Gasteiger charge is 2.05. The molecule has 0 radical (unpaired) electrons. The lowest BCUT2D eigenvalue weighted by atomic mass is 10.1. The molecule has 0 spiro atoms. The number of hydrogen-bond acceptors (Lipinski definition) is 4. The summed E-state index contributed by atoms with van der Waals surface area (Å²) in [5.74, 6) is 0. The molecule has 0 aliphatic heterocycles. The van der Waals surface area contributed by atoms with Crippen LogP contribution >= 0.6 is 11.6 Å². The van der Waals surface area contributed by atoms with Crippen molar-refractivity contribution < 1.29 is 4.92 Å². The monoisotopic (exact) mass is 235 g/mol.